The highest BCUT2D eigenvalue weighted by Gasteiger charge is 2.73. The summed E-state index contributed by atoms with van der Waals surface area (Å²) in [5.74, 6) is -3.39. The standard InChI is InChI=1S/C35H47N3O8/c1-34(2,3)38-20-12-6-10-16-26(40)36-24(22-44-4)29(23-14-8-5-9-15-23)45-33(43)27-25-17-18-35(46-25)28(27)31(41)37(30(35)32(38)42)19-11-7-13-21-39/h5-6,8-9,12,14-15,17-18,24-25,27-30,39H,7,10-11,13,16,19-22H2,1-4H3,(H,36,40)/b12-6-/t24-,25+,27-,28-,29-,30+,35-/m0/s1. The van der Waals surface area contributed by atoms with Gasteiger partial charge in [-0.25, -0.2) is 0 Å². The fourth-order valence-corrected chi connectivity index (χ4v) is 7.27. The Morgan fingerprint density at radius 2 is 1.80 bits per heavy atom. The van der Waals surface area contributed by atoms with Gasteiger partial charge in [-0.2, -0.15) is 0 Å². The molecule has 3 amide bonds. The van der Waals surface area contributed by atoms with Crippen molar-refractivity contribution in [2.45, 2.75) is 88.3 Å². The molecule has 0 unspecified atom stereocenters. The SMILES string of the molecule is COC[C@@H]1NC(=O)CC/C=C\CN(C(C)(C)C)C(=O)[C@H]2N(CCCCCO)C(=O)[C@@H]3[C@@H](C(=O)O[C@H]1c1ccccc1)[C@H]1C=C[C@]32O1. The van der Waals surface area contributed by atoms with Crippen LogP contribution in [0.2, 0.25) is 0 Å². The summed E-state index contributed by atoms with van der Waals surface area (Å²) in [4.78, 5) is 59.7. The van der Waals surface area contributed by atoms with E-state index in [1.807, 2.05) is 63.3 Å². The van der Waals surface area contributed by atoms with Crippen LogP contribution in [0.5, 0.6) is 0 Å². The lowest BCUT2D eigenvalue weighted by Crippen LogP contribution is -2.59. The lowest BCUT2D eigenvalue weighted by Gasteiger charge is -2.41. The summed E-state index contributed by atoms with van der Waals surface area (Å²) in [6.45, 7) is 6.51. The van der Waals surface area contributed by atoms with Gasteiger partial charge in [-0.3, -0.25) is 19.2 Å². The number of carbonyl (C=O) groups excluding carboxylic acids is 4. The summed E-state index contributed by atoms with van der Waals surface area (Å²) in [6.07, 6.45) is 8.17. The van der Waals surface area contributed by atoms with Crippen molar-refractivity contribution in [2.24, 2.45) is 11.8 Å². The monoisotopic (exact) mass is 637 g/mol. The molecule has 5 bridgehead atoms. The van der Waals surface area contributed by atoms with E-state index in [2.05, 4.69) is 5.32 Å². The van der Waals surface area contributed by atoms with Crippen molar-refractivity contribution in [2.75, 3.05) is 33.4 Å². The highest BCUT2D eigenvalue weighted by Crippen LogP contribution is 2.56. The average molecular weight is 638 g/mol. The maximum Gasteiger partial charge on any atom is 0.313 e. The second-order valence-corrected chi connectivity index (χ2v) is 13.5. The van der Waals surface area contributed by atoms with E-state index in [0.29, 0.717) is 37.8 Å². The summed E-state index contributed by atoms with van der Waals surface area (Å²) < 4.78 is 18.3. The van der Waals surface area contributed by atoms with Gasteiger partial charge in [0.25, 0.3) is 0 Å². The number of nitrogens with zero attached hydrogens (tertiary/aromatic N) is 2. The van der Waals surface area contributed by atoms with Crippen LogP contribution in [0.3, 0.4) is 0 Å². The van der Waals surface area contributed by atoms with Crippen LogP contribution in [-0.4, -0.2) is 101 Å². The number of hydrogen-bond donors (Lipinski definition) is 2. The zero-order chi connectivity index (χ0) is 33.1. The van der Waals surface area contributed by atoms with E-state index in [9.17, 15) is 24.3 Å². The van der Waals surface area contributed by atoms with Crippen molar-refractivity contribution in [3.8, 4) is 0 Å². The number of aliphatic hydroxyl groups excluding tert-OH is 1. The molecule has 0 aliphatic carbocycles. The van der Waals surface area contributed by atoms with Crippen LogP contribution >= 0.6 is 0 Å². The maximum absolute atomic E-state index is 14.6. The zero-order valence-electron chi connectivity index (χ0n) is 27.2. The molecule has 1 aromatic rings. The highest BCUT2D eigenvalue weighted by atomic mass is 16.6. The Balaban J connectivity index is 1.58. The molecule has 4 aliphatic rings. The molecule has 11 heteroatoms. The van der Waals surface area contributed by atoms with Crippen LogP contribution in [0.4, 0.5) is 0 Å². The molecule has 0 radical (unpaired) electrons. The number of aliphatic hydroxyl groups is 1. The van der Waals surface area contributed by atoms with Crippen LogP contribution in [0.25, 0.3) is 0 Å². The minimum atomic E-state index is -1.33. The van der Waals surface area contributed by atoms with Gasteiger partial charge in [0, 0.05) is 38.8 Å². The number of allylic oxidation sites excluding steroid dienone is 1. The molecule has 2 fully saturated rings. The van der Waals surface area contributed by atoms with Crippen molar-refractivity contribution in [1.82, 2.24) is 15.1 Å². The number of cyclic esters (lactones) is 1. The number of methoxy groups -OCH3 is 1. The number of carbonyl (C=O) groups is 4. The molecule has 0 saturated carbocycles. The molecule has 1 spiro atoms. The van der Waals surface area contributed by atoms with E-state index in [4.69, 9.17) is 14.2 Å². The predicted molar refractivity (Wildman–Crippen MR) is 169 cm³/mol. The second kappa shape index (κ2) is 14.1. The third kappa shape index (κ3) is 6.50. The lowest BCUT2D eigenvalue weighted by atomic mass is 9.74. The number of fused-ring (bicyclic) bond motifs is 2. The highest BCUT2D eigenvalue weighted by molar-refractivity contribution is 5.99. The molecule has 4 heterocycles. The second-order valence-electron chi connectivity index (χ2n) is 13.5. The van der Waals surface area contributed by atoms with Gasteiger partial charge < -0.3 is 34.4 Å². The first-order chi connectivity index (χ1) is 22.0. The molecule has 46 heavy (non-hydrogen) atoms. The number of ether oxygens (including phenoxy) is 3. The minimum absolute atomic E-state index is 0.0432. The number of unbranched alkanes of at least 4 members (excludes halogenated alkanes) is 2. The summed E-state index contributed by atoms with van der Waals surface area (Å²) in [6, 6.07) is 7.47. The van der Waals surface area contributed by atoms with Crippen molar-refractivity contribution in [3.63, 3.8) is 0 Å². The van der Waals surface area contributed by atoms with Gasteiger partial charge >= 0.3 is 5.97 Å². The first-order valence-electron chi connectivity index (χ1n) is 16.3. The first-order valence-corrected chi connectivity index (χ1v) is 16.3. The lowest BCUT2D eigenvalue weighted by molar-refractivity contribution is -0.162. The van der Waals surface area contributed by atoms with E-state index in [-0.39, 0.29) is 43.9 Å². The number of nitrogens with one attached hydrogen (secondary N) is 1. The van der Waals surface area contributed by atoms with E-state index < -0.39 is 53.2 Å². The van der Waals surface area contributed by atoms with Gasteiger partial charge in [0.15, 0.2) is 0 Å². The molecule has 5 rings (SSSR count). The Kier molecular flexibility index (Phi) is 10.3. The van der Waals surface area contributed by atoms with E-state index in [1.54, 1.807) is 22.0 Å². The van der Waals surface area contributed by atoms with Gasteiger partial charge in [-0.15, -0.1) is 0 Å². The maximum atomic E-state index is 14.6. The van der Waals surface area contributed by atoms with Crippen LogP contribution in [0, 0.1) is 11.8 Å². The molecule has 1 aromatic carbocycles. The Morgan fingerprint density at radius 1 is 1.04 bits per heavy atom. The first kappa shape index (κ1) is 33.8. The summed E-state index contributed by atoms with van der Waals surface area (Å²) >= 11 is 0. The fourth-order valence-electron chi connectivity index (χ4n) is 7.27. The molecule has 250 valence electrons. The molecular weight excluding hydrogens is 590 g/mol. The fraction of sp³-hybridized carbons (Fsp3) is 0.600. The Hall–Kier alpha value is -3.54. The molecule has 0 aromatic heterocycles. The van der Waals surface area contributed by atoms with E-state index in [0.717, 1.165) is 0 Å². The number of likely N-dealkylation sites (tertiary alicyclic amines) is 1. The molecule has 7 atom stereocenters. The molecule has 4 aliphatic heterocycles. The van der Waals surface area contributed by atoms with Crippen molar-refractivity contribution >= 4 is 23.7 Å². The summed E-state index contributed by atoms with van der Waals surface area (Å²) in [5.41, 5.74) is -1.26. The van der Waals surface area contributed by atoms with Gasteiger partial charge in [0.05, 0.1) is 24.7 Å². The topological polar surface area (TPSA) is 135 Å². The van der Waals surface area contributed by atoms with Gasteiger partial charge in [-0.05, 0) is 52.0 Å². The van der Waals surface area contributed by atoms with Crippen LogP contribution < -0.4 is 5.32 Å². The van der Waals surface area contributed by atoms with E-state index in [1.165, 1.54) is 7.11 Å². The quantitative estimate of drug-likeness (QED) is 0.253. The largest absolute Gasteiger partial charge is 0.455 e. The summed E-state index contributed by atoms with van der Waals surface area (Å²) in [7, 11) is 1.52. The minimum Gasteiger partial charge on any atom is -0.455 e. The Labute approximate surface area is 270 Å². The van der Waals surface area contributed by atoms with Crippen molar-refractivity contribution in [1.29, 1.82) is 0 Å². The molecule has 2 N–H and O–H groups in total. The Morgan fingerprint density at radius 3 is 2.50 bits per heavy atom. The number of hydrogen-bond acceptors (Lipinski definition) is 8. The number of amides is 3. The molecular formula is C35H47N3O8. The number of benzene rings is 1. The predicted octanol–water partition coefficient (Wildman–Crippen LogP) is 2.69. The third-order valence-electron chi connectivity index (χ3n) is 9.43. The third-order valence-corrected chi connectivity index (χ3v) is 9.43. The normalized spacial score (nSPS) is 32.5. The molecule has 2 saturated heterocycles. The number of esters is 1. The van der Waals surface area contributed by atoms with Crippen molar-refractivity contribution < 1.29 is 38.5 Å². The van der Waals surface area contributed by atoms with Gasteiger partial charge in [0.2, 0.25) is 17.7 Å². The van der Waals surface area contributed by atoms with Crippen LogP contribution in [0.15, 0.2) is 54.6 Å². The number of rotatable bonds is 8. The zero-order valence-corrected chi connectivity index (χ0v) is 27.2. The molecule has 11 nitrogen and oxygen atoms in total. The van der Waals surface area contributed by atoms with Gasteiger partial charge in [0.1, 0.15) is 23.7 Å². The average Bonchev–Trinajstić information content (AvgIpc) is 3.66. The van der Waals surface area contributed by atoms with Gasteiger partial charge in [-0.1, -0.05) is 54.6 Å². The van der Waals surface area contributed by atoms with Crippen LogP contribution in [0.1, 0.15) is 64.5 Å². The van der Waals surface area contributed by atoms with E-state index >= 15 is 0 Å². The van der Waals surface area contributed by atoms with Crippen molar-refractivity contribution in [3.05, 3.63) is 60.2 Å². The summed E-state index contributed by atoms with van der Waals surface area (Å²) in [5, 5.41) is 12.3. The smallest absolute Gasteiger partial charge is 0.313 e. The Bertz CT molecular complexity index is 1340. The van der Waals surface area contributed by atoms with Crippen LogP contribution in [-0.2, 0) is 33.4 Å².